The van der Waals surface area contributed by atoms with E-state index in [0.29, 0.717) is 21.5 Å². The normalized spacial score (nSPS) is 16.1. The van der Waals surface area contributed by atoms with E-state index in [0.717, 1.165) is 0 Å². The summed E-state index contributed by atoms with van der Waals surface area (Å²) in [6.07, 6.45) is 0.728. The average molecular weight is 445 g/mol. The molecule has 0 unspecified atom stereocenters. The highest BCUT2D eigenvalue weighted by Crippen LogP contribution is 2.29. The van der Waals surface area contributed by atoms with Gasteiger partial charge in [0.25, 0.3) is 11.8 Å². The zero-order valence-corrected chi connectivity index (χ0v) is 16.7. The first-order chi connectivity index (χ1) is 13.4. The summed E-state index contributed by atoms with van der Waals surface area (Å²) in [5.74, 6) is -0.975. The van der Waals surface area contributed by atoms with Crippen molar-refractivity contribution in [1.29, 1.82) is 0 Å². The van der Waals surface area contributed by atoms with Crippen LogP contribution in [0, 0.1) is 0 Å². The number of para-hydroxylation sites is 1. The van der Waals surface area contributed by atoms with Crippen LogP contribution < -0.4 is 15.2 Å². The maximum absolute atomic E-state index is 12.6. The molecule has 0 spiro atoms. The zero-order chi connectivity index (χ0) is 20.3. The molecule has 1 aliphatic rings. The average Bonchev–Trinajstić information content (AvgIpc) is 2.98. The van der Waals surface area contributed by atoms with Gasteiger partial charge in [0.15, 0.2) is 6.10 Å². The number of hydrogen-bond acceptors (Lipinski definition) is 5. The number of nitrogens with one attached hydrogen (secondary N) is 1. The Bertz CT molecular complexity index is 958. The maximum atomic E-state index is 12.6. The molecule has 1 N–H and O–H groups in total. The van der Waals surface area contributed by atoms with Crippen molar-refractivity contribution in [2.24, 2.45) is 0 Å². The third kappa shape index (κ3) is 4.07. The van der Waals surface area contributed by atoms with Crippen molar-refractivity contribution in [1.82, 2.24) is 5.43 Å². The SMILES string of the molecule is COC(=O)[C@@H](C)Oc1ccc(/C=C2/C(=O)NN(c3ccccc3)C2=O)cc1Br. The van der Waals surface area contributed by atoms with Crippen LogP contribution in [0.2, 0.25) is 0 Å². The van der Waals surface area contributed by atoms with Crippen LogP contribution in [0.3, 0.4) is 0 Å². The van der Waals surface area contributed by atoms with E-state index in [4.69, 9.17) is 4.74 Å². The minimum absolute atomic E-state index is 0.0207. The number of rotatable bonds is 5. The number of ether oxygens (including phenoxy) is 2. The Kier molecular flexibility index (Phi) is 5.79. The molecule has 0 radical (unpaired) electrons. The van der Waals surface area contributed by atoms with Crippen LogP contribution in [0.25, 0.3) is 6.08 Å². The molecule has 1 fully saturated rings. The Balaban J connectivity index is 1.81. The highest BCUT2D eigenvalue weighted by molar-refractivity contribution is 9.10. The number of hydrogen-bond donors (Lipinski definition) is 1. The van der Waals surface area contributed by atoms with Crippen LogP contribution in [0.1, 0.15) is 12.5 Å². The molecule has 2 amide bonds. The summed E-state index contributed by atoms with van der Waals surface area (Å²) >= 11 is 3.37. The van der Waals surface area contributed by atoms with Crippen LogP contribution in [-0.4, -0.2) is 31.0 Å². The lowest BCUT2D eigenvalue weighted by atomic mass is 10.1. The van der Waals surface area contributed by atoms with E-state index < -0.39 is 23.9 Å². The van der Waals surface area contributed by atoms with Gasteiger partial charge in [0.2, 0.25) is 0 Å². The monoisotopic (exact) mass is 444 g/mol. The predicted molar refractivity (Wildman–Crippen MR) is 106 cm³/mol. The van der Waals surface area contributed by atoms with Gasteiger partial charge in [0.05, 0.1) is 17.3 Å². The summed E-state index contributed by atoms with van der Waals surface area (Å²) in [7, 11) is 1.29. The summed E-state index contributed by atoms with van der Waals surface area (Å²) in [4.78, 5) is 36.3. The van der Waals surface area contributed by atoms with Crippen LogP contribution >= 0.6 is 15.9 Å². The van der Waals surface area contributed by atoms with Crippen molar-refractivity contribution in [3.63, 3.8) is 0 Å². The number of esters is 1. The molecule has 0 aromatic heterocycles. The fraction of sp³-hybridized carbons (Fsp3) is 0.150. The van der Waals surface area contributed by atoms with E-state index in [1.54, 1.807) is 49.4 Å². The summed E-state index contributed by atoms with van der Waals surface area (Å²) in [5.41, 5.74) is 3.77. The second-order valence-electron chi connectivity index (χ2n) is 5.95. The van der Waals surface area contributed by atoms with Crippen molar-refractivity contribution in [3.05, 3.63) is 64.1 Å². The van der Waals surface area contributed by atoms with E-state index in [9.17, 15) is 14.4 Å². The van der Waals surface area contributed by atoms with Crippen LogP contribution in [0.4, 0.5) is 5.69 Å². The minimum atomic E-state index is -0.771. The van der Waals surface area contributed by atoms with Gasteiger partial charge in [0.1, 0.15) is 11.3 Å². The van der Waals surface area contributed by atoms with Crippen LogP contribution in [0.15, 0.2) is 58.6 Å². The molecule has 3 rings (SSSR count). The molecule has 2 aromatic carbocycles. The largest absolute Gasteiger partial charge is 0.478 e. The summed E-state index contributed by atoms with van der Waals surface area (Å²) in [5, 5.41) is 1.21. The number of methoxy groups -OCH3 is 1. The second-order valence-corrected chi connectivity index (χ2v) is 6.80. The topological polar surface area (TPSA) is 84.9 Å². The summed E-state index contributed by atoms with van der Waals surface area (Å²) < 4.78 is 10.7. The second kappa shape index (κ2) is 8.26. The fourth-order valence-corrected chi connectivity index (χ4v) is 3.08. The van der Waals surface area contributed by atoms with Gasteiger partial charge >= 0.3 is 5.97 Å². The highest BCUT2D eigenvalue weighted by Gasteiger charge is 2.34. The zero-order valence-electron chi connectivity index (χ0n) is 15.1. The Morgan fingerprint density at radius 3 is 2.54 bits per heavy atom. The van der Waals surface area contributed by atoms with Crippen molar-refractivity contribution < 1.29 is 23.9 Å². The highest BCUT2D eigenvalue weighted by atomic mass is 79.9. The molecule has 1 aliphatic heterocycles. The lowest BCUT2D eigenvalue weighted by molar-refractivity contribution is -0.147. The van der Waals surface area contributed by atoms with Gasteiger partial charge in [0, 0.05) is 0 Å². The number of anilines is 1. The number of carbonyl (C=O) groups excluding carboxylic acids is 3. The summed E-state index contributed by atoms with van der Waals surface area (Å²) in [6, 6.07) is 13.9. The molecule has 1 saturated heterocycles. The van der Waals surface area contributed by atoms with E-state index in [2.05, 4.69) is 26.1 Å². The van der Waals surface area contributed by atoms with Crippen molar-refractivity contribution >= 4 is 45.5 Å². The number of benzene rings is 2. The van der Waals surface area contributed by atoms with Crippen LogP contribution in [0.5, 0.6) is 5.75 Å². The van der Waals surface area contributed by atoms with Gasteiger partial charge < -0.3 is 9.47 Å². The van der Waals surface area contributed by atoms with Crippen LogP contribution in [-0.2, 0) is 19.1 Å². The summed E-state index contributed by atoms with van der Waals surface area (Å²) in [6.45, 7) is 1.58. The van der Waals surface area contributed by atoms with Crippen molar-refractivity contribution in [2.75, 3.05) is 12.1 Å². The van der Waals surface area contributed by atoms with Gasteiger partial charge in [-0.3, -0.25) is 15.0 Å². The fourth-order valence-electron chi connectivity index (χ4n) is 2.59. The number of hydrazine groups is 1. The van der Waals surface area contributed by atoms with Crippen molar-refractivity contribution in [2.45, 2.75) is 13.0 Å². The molecule has 144 valence electrons. The van der Waals surface area contributed by atoms with E-state index in [1.807, 2.05) is 6.07 Å². The number of nitrogens with zero attached hydrogens (tertiary/aromatic N) is 1. The molecular weight excluding hydrogens is 428 g/mol. The molecule has 8 heteroatoms. The lowest BCUT2D eigenvalue weighted by Crippen LogP contribution is -2.35. The lowest BCUT2D eigenvalue weighted by Gasteiger charge is -2.14. The maximum Gasteiger partial charge on any atom is 0.346 e. The molecule has 28 heavy (non-hydrogen) atoms. The van der Waals surface area contributed by atoms with E-state index in [1.165, 1.54) is 18.2 Å². The minimum Gasteiger partial charge on any atom is -0.478 e. The van der Waals surface area contributed by atoms with Gasteiger partial charge in [-0.15, -0.1) is 0 Å². The molecule has 7 nitrogen and oxygen atoms in total. The van der Waals surface area contributed by atoms with Gasteiger partial charge in [-0.2, -0.15) is 0 Å². The molecular formula is C20H17BrN2O5. The molecule has 0 aliphatic carbocycles. The standard InChI is InChI=1S/C20H17BrN2O5/c1-12(20(26)27-2)28-17-9-8-13(11-16(17)21)10-15-18(24)22-23(19(15)25)14-6-4-3-5-7-14/h3-12H,1-2H3,(H,22,24)/b15-10-/t12-/m1/s1. The first-order valence-electron chi connectivity index (χ1n) is 8.37. The van der Waals surface area contributed by atoms with Gasteiger partial charge in [-0.1, -0.05) is 24.3 Å². The first-order valence-corrected chi connectivity index (χ1v) is 9.16. The van der Waals surface area contributed by atoms with E-state index >= 15 is 0 Å². The van der Waals surface area contributed by atoms with Gasteiger partial charge in [-0.25, -0.2) is 9.80 Å². The number of carbonyl (C=O) groups is 3. The molecule has 0 saturated carbocycles. The molecule has 1 heterocycles. The first kappa shape index (κ1) is 19.6. The Morgan fingerprint density at radius 2 is 1.89 bits per heavy atom. The smallest absolute Gasteiger partial charge is 0.346 e. The number of halogens is 1. The van der Waals surface area contributed by atoms with Crippen molar-refractivity contribution in [3.8, 4) is 5.75 Å². The molecule has 2 aromatic rings. The molecule has 0 bridgehead atoms. The number of amides is 2. The molecule has 1 atom stereocenters. The van der Waals surface area contributed by atoms with Gasteiger partial charge in [-0.05, 0) is 58.8 Å². The van der Waals surface area contributed by atoms with E-state index in [-0.39, 0.29) is 5.57 Å². The Morgan fingerprint density at radius 1 is 1.18 bits per heavy atom. The predicted octanol–water partition coefficient (Wildman–Crippen LogP) is 2.85. The third-order valence-electron chi connectivity index (χ3n) is 4.01. The Labute approximate surface area is 170 Å². The third-order valence-corrected chi connectivity index (χ3v) is 4.63. The Hall–Kier alpha value is -3.13. The quantitative estimate of drug-likeness (QED) is 0.435.